The van der Waals surface area contributed by atoms with Crippen LogP contribution in [-0.4, -0.2) is 37.0 Å². The number of carbonyl (C=O) groups excluding carboxylic acids is 1. The van der Waals surface area contributed by atoms with Crippen LogP contribution in [0.15, 0.2) is 12.1 Å². The smallest absolute Gasteiger partial charge is 0.225 e. The zero-order chi connectivity index (χ0) is 16.1. The number of halogens is 1. The highest BCUT2D eigenvalue weighted by atomic mass is 35.5. The summed E-state index contributed by atoms with van der Waals surface area (Å²) in [5.41, 5.74) is 2.97. The molecule has 130 valence electrons. The second kappa shape index (κ2) is 9.14. The van der Waals surface area contributed by atoms with Gasteiger partial charge in [0.25, 0.3) is 0 Å². The van der Waals surface area contributed by atoms with E-state index in [4.69, 9.17) is 4.74 Å². The zero-order valence-corrected chi connectivity index (χ0v) is 15.5. The molecule has 0 saturated carbocycles. The average molecular weight is 341 g/mol. The van der Waals surface area contributed by atoms with Gasteiger partial charge < -0.3 is 15.0 Å². The Bertz CT molecular complexity index is 534. The minimum Gasteiger partial charge on any atom is -0.495 e. The van der Waals surface area contributed by atoms with Gasteiger partial charge in [-0.25, -0.2) is 0 Å². The van der Waals surface area contributed by atoms with Crippen molar-refractivity contribution >= 4 is 24.0 Å². The van der Waals surface area contributed by atoms with Crippen molar-refractivity contribution in [3.63, 3.8) is 0 Å². The van der Waals surface area contributed by atoms with E-state index in [1.54, 1.807) is 7.11 Å². The maximum Gasteiger partial charge on any atom is 0.225 e. The molecular weight excluding hydrogens is 312 g/mol. The number of ether oxygens (including phenoxy) is 1. The first-order valence-corrected chi connectivity index (χ1v) is 8.20. The molecule has 23 heavy (non-hydrogen) atoms. The van der Waals surface area contributed by atoms with Crippen molar-refractivity contribution in [1.29, 1.82) is 0 Å². The normalized spacial score (nSPS) is 18.2. The number of nitrogens with zero attached hydrogens (tertiary/aromatic N) is 1. The van der Waals surface area contributed by atoms with Gasteiger partial charge in [-0.3, -0.25) is 4.79 Å². The first-order chi connectivity index (χ1) is 10.5. The van der Waals surface area contributed by atoms with Crippen LogP contribution in [-0.2, 0) is 4.79 Å². The lowest BCUT2D eigenvalue weighted by Gasteiger charge is -2.33. The highest BCUT2D eigenvalue weighted by Gasteiger charge is 2.19. The van der Waals surface area contributed by atoms with E-state index in [1.807, 2.05) is 19.9 Å². The van der Waals surface area contributed by atoms with Crippen molar-refractivity contribution in [2.75, 3.05) is 25.5 Å². The van der Waals surface area contributed by atoms with Gasteiger partial charge >= 0.3 is 0 Å². The first kappa shape index (κ1) is 19.8. The molecule has 0 aliphatic carbocycles. The molecule has 1 aromatic rings. The highest BCUT2D eigenvalue weighted by Crippen LogP contribution is 2.29. The summed E-state index contributed by atoms with van der Waals surface area (Å²) in [5.74, 6) is 0.792. The minimum absolute atomic E-state index is 0. The number of amides is 1. The van der Waals surface area contributed by atoms with Gasteiger partial charge in [0.1, 0.15) is 5.75 Å². The monoisotopic (exact) mass is 340 g/mol. The summed E-state index contributed by atoms with van der Waals surface area (Å²) in [7, 11) is 1.64. The molecule has 5 heteroatoms. The Morgan fingerprint density at radius 3 is 2.74 bits per heavy atom. The molecule has 0 spiro atoms. The lowest BCUT2D eigenvalue weighted by Crippen LogP contribution is -2.39. The molecule has 4 nitrogen and oxygen atoms in total. The van der Waals surface area contributed by atoms with Crippen molar-refractivity contribution in [2.45, 2.75) is 52.5 Å². The van der Waals surface area contributed by atoms with Crippen molar-refractivity contribution in [3.05, 3.63) is 23.3 Å². The number of carbonyl (C=O) groups is 1. The Morgan fingerprint density at radius 2 is 2.09 bits per heavy atom. The van der Waals surface area contributed by atoms with Gasteiger partial charge in [-0.2, -0.15) is 0 Å². The fourth-order valence-electron chi connectivity index (χ4n) is 3.19. The SMILES string of the molecule is COc1cc(C)cc(C)c1NC(=O)CCN1CCCC[C@H]1C.Cl. The number of rotatable bonds is 5. The number of methoxy groups -OCH3 is 1. The van der Waals surface area contributed by atoms with E-state index >= 15 is 0 Å². The molecule has 1 amide bonds. The minimum atomic E-state index is 0. The molecule has 0 aromatic heterocycles. The highest BCUT2D eigenvalue weighted by molar-refractivity contribution is 5.93. The van der Waals surface area contributed by atoms with Crippen LogP contribution in [0.2, 0.25) is 0 Å². The van der Waals surface area contributed by atoms with Gasteiger partial charge in [0.15, 0.2) is 0 Å². The Kier molecular flexibility index (Phi) is 7.86. The zero-order valence-electron chi connectivity index (χ0n) is 14.6. The van der Waals surface area contributed by atoms with Crippen LogP contribution in [0.4, 0.5) is 5.69 Å². The lowest BCUT2D eigenvalue weighted by molar-refractivity contribution is -0.116. The predicted molar refractivity (Wildman–Crippen MR) is 97.8 cm³/mol. The predicted octanol–water partition coefficient (Wildman–Crippen LogP) is 3.94. The third kappa shape index (κ3) is 5.40. The summed E-state index contributed by atoms with van der Waals surface area (Å²) in [6, 6.07) is 4.61. The van der Waals surface area contributed by atoms with Gasteiger partial charge in [-0.1, -0.05) is 12.5 Å². The van der Waals surface area contributed by atoms with E-state index in [0.29, 0.717) is 12.5 Å². The van der Waals surface area contributed by atoms with Crippen LogP contribution in [0.1, 0.15) is 43.7 Å². The molecule has 1 heterocycles. The fourth-order valence-corrected chi connectivity index (χ4v) is 3.19. The van der Waals surface area contributed by atoms with E-state index in [1.165, 1.54) is 19.3 Å². The molecule has 1 atom stereocenters. The van der Waals surface area contributed by atoms with Crippen LogP contribution in [0.25, 0.3) is 0 Å². The molecule has 1 aliphatic heterocycles. The van der Waals surface area contributed by atoms with Gasteiger partial charge in [0.05, 0.1) is 12.8 Å². The number of anilines is 1. The third-order valence-corrected chi connectivity index (χ3v) is 4.49. The summed E-state index contributed by atoms with van der Waals surface area (Å²) < 4.78 is 5.39. The number of hydrogen-bond acceptors (Lipinski definition) is 3. The molecule has 0 unspecified atom stereocenters. The van der Waals surface area contributed by atoms with Crippen LogP contribution >= 0.6 is 12.4 Å². The van der Waals surface area contributed by atoms with Crippen LogP contribution in [0.3, 0.4) is 0 Å². The van der Waals surface area contributed by atoms with E-state index in [-0.39, 0.29) is 18.3 Å². The summed E-state index contributed by atoms with van der Waals surface area (Å²) in [6.07, 6.45) is 4.33. The maximum absolute atomic E-state index is 12.3. The Morgan fingerprint density at radius 1 is 1.35 bits per heavy atom. The van der Waals surface area contributed by atoms with Crippen molar-refractivity contribution in [1.82, 2.24) is 4.90 Å². The third-order valence-electron chi connectivity index (χ3n) is 4.49. The van der Waals surface area contributed by atoms with Crippen LogP contribution in [0.5, 0.6) is 5.75 Å². The fraction of sp³-hybridized carbons (Fsp3) is 0.611. The first-order valence-electron chi connectivity index (χ1n) is 8.20. The molecule has 1 saturated heterocycles. The maximum atomic E-state index is 12.3. The van der Waals surface area contributed by atoms with E-state index in [0.717, 1.165) is 35.7 Å². The number of hydrogen-bond donors (Lipinski definition) is 1. The van der Waals surface area contributed by atoms with Gasteiger partial charge in [-0.15, -0.1) is 12.4 Å². The largest absolute Gasteiger partial charge is 0.495 e. The molecule has 1 aliphatic rings. The van der Waals surface area contributed by atoms with E-state index in [2.05, 4.69) is 23.2 Å². The number of piperidine rings is 1. The van der Waals surface area contributed by atoms with Crippen LogP contribution < -0.4 is 10.1 Å². The summed E-state index contributed by atoms with van der Waals surface area (Å²) in [4.78, 5) is 14.7. The standard InChI is InChI=1S/C18H28N2O2.ClH/c1-13-11-14(2)18(16(12-13)22-4)19-17(21)8-10-20-9-6-5-7-15(20)3;/h11-12,15H,5-10H2,1-4H3,(H,19,21);1H/t15-;/m1./s1. The molecule has 1 aromatic carbocycles. The Labute approximate surface area is 146 Å². The van der Waals surface area contributed by atoms with Crippen molar-refractivity contribution in [2.24, 2.45) is 0 Å². The van der Waals surface area contributed by atoms with Crippen LogP contribution in [0, 0.1) is 13.8 Å². The topological polar surface area (TPSA) is 41.6 Å². The number of aryl methyl sites for hydroxylation is 2. The molecule has 0 radical (unpaired) electrons. The Balaban J connectivity index is 0.00000264. The van der Waals surface area contributed by atoms with Gasteiger partial charge in [0, 0.05) is 19.0 Å². The van der Waals surface area contributed by atoms with Gasteiger partial charge in [-0.05, 0) is 57.4 Å². The van der Waals surface area contributed by atoms with Gasteiger partial charge in [0.2, 0.25) is 5.91 Å². The van der Waals surface area contributed by atoms with Crippen molar-refractivity contribution in [3.8, 4) is 5.75 Å². The number of likely N-dealkylation sites (tertiary alicyclic amines) is 1. The summed E-state index contributed by atoms with van der Waals surface area (Å²) in [5, 5.41) is 3.02. The number of nitrogens with one attached hydrogen (secondary N) is 1. The molecule has 2 rings (SSSR count). The summed E-state index contributed by atoms with van der Waals surface area (Å²) >= 11 is 0. The Hall–Kier alpha value is -1.26. The van der Waals surface area contributed by atoms with E-state index < -0.39 is 0 Å². The molecular formula is C18H29ClN2O2. The summed E-state index contributed by atoms with van der Waals surface area (Å²) in [6.45, 7) is 8.22. The second-order valence-corrected chi connectivity index (χ2v) is 6.34. The molecule has 0 bridgehead atoms. The average Bonchev–Trinajstić information content (AvgIpc) is 2.49. The number of benzene rings is 1. The molecule has 1 N–H and O–H groups in total. The molecule has 1 fully saturated rings. The quantitative estimate of drug-likeness (QED) is 0.882. The van der Waals surface area contributed by atoms with E-state index in [9.17, 15) is 4.79 Å². The van der Waals surface area contributed by atoms with Crippen molar-refractivity contribution < 1.29 is 9.53 Å². The lowest BCUT2D eigenvalue weighted by atomic mass is 10.0. The second-order valence-electron chi connectivity index (χ2n) is 6.34.